The second-order valence-electron chi connectivity index (χ2n) is 10.5. The van der Waals surface area contributed by atoms with E-state index in [4.69, 9.17) is 19.6 Å². The largest absolute Gasteiger partial charge is 0.464 e. The smallest absolute Gasteiger partial charge is 0.356 e. The molecule has 2 unspecified atom stereocenters. The Morgan fingerprint density at radius 3 is 2.50 bits per heavy atom. The molecule has 9 heteroatoms. The molecule has 0 radical (unpaired) electrons. The highest BCUT2D eigenvalue weighted by molar-refractivity contribution is 5.99. The predicted molar refractivity (Wildman–Crippen MR) is 132 cm³/mol. The molecule has 4 aliphatic rings. The van der Waals surface area contributed by atoms with E-state index in [0.717, 1.165) is 74.4 Å². The minimum Gasteiger partial charge on any atom is -0.464 e. The van der Waals surface area contributed by atoms with Gasteiger partial charge in [-0.25, -0.2) is 18.9 Å². The van der Waals surface area contributed by atoms with Gasteiger partial charge in [0, 0.05) is 31.6 Å². The molecule has 36 heavy (non-hydrogen) atoms. The number of fused-ring (bicyclic) bond motifs is 2. The van der Waals surface area contributed by atoms with Crippen LogP contribution in [-0.4, -0.2) is 77.2 Å². The predicted octanol–water partition coefficient (Wildman–Crippen LogP) is 3.67. The molecule has 2 aromatic heterocycles. The van der Waals surface area contributed by atoms with Gasteiger partial charge < -0.3 is 14.4 Å². The number of halogens is 1. The molecule has 0 bridgehead atoms. The van der Waals surface area contributed by atoms with Gasteiger partial charge in [0.15, 0.2) is 11.3 Å². The molecular weight excluding hydrogens is 461 g/mol. The van der Waals surface area contributed by atoms with Crippen molar-refractivity contribution in [1.82, 2.24) is 19.7 Å². The van der Waals surface area contributed by atoms with Crippen molar-refractivity contribution in [3.63, 3.8) is 0 Å². The van der Waals surface area contributed by atoms with Crippen LogP contribution in [0.5, 0.6) is 0 Å². The van der Waals surface area contributed by atoms with E-state index in [1.165, 1.54) is 25.7 Å². The Balaban J connectivity index is 1.30. The van der Waals surface area contributed by atoms with E-state index < -0.39 is 5.97 Å². The summed E-state index contributed by atoms with van der Waals surface area (Å²) in [5, 5.41) is 6.02. The van der Waals surface area contributed by atoms with E-state index in [-0.39, 0.29) is 11.5 Å². The van der Waals surface area contributed by atoms with Gasteiger partial charge >= 0.3 is 5.97 Å². The van der Waals surface area contributed by atoms with Gasteiger partial charge in [-0.2, -0.15) is 5.10 Å². The zero-order chi connectivity index (χ0) is 24.4. The van der Waals surface area contributed by atoms with Crippen molar-refractivity contribution < 1.29 is 18.7 Å². The third kappa shape index (κ3) is 3.43. The molecule has 2 atom stereocenters. The number of esters is 1. The normalized spacial score (nSPS) is 24.7. The van der Waals surface area contributed by atoms with Crippen LogP contribution in [0, 0.1) is 5.82 Å². The molecule has 5 heterocycles. The third-order valence-electron chi connectivity index (χ3n) is 8.60. The fourth-order valence-corrected chi connectivity index (χ4v) is 6.18. The maximum Gasteiger partial charge on any atom is 0.356 e. The van der Waals surface area contributed by atoms with Gasteiger partial charge in [0.05, 0.1) is 48.3 Å². The lowest BCUT2D eigenvalue weighted by Crippen LogP contribution is -2.73. The molecule has 1 saturated carbocycles. The number of aromatic nitrogens is 3. The molecule has 4 fully saturated rings. The summed E-state index contributed by atoms with van der Waals surface area (Å²) < 4.78 is 26.1. The summed E-state index contributed by atoms with van der Waals surface area (Å²) in [6, 6.07) is 9.33. The topological polar surface area (TPSA) is 72.7 Å². The Morgan fingerprint density at radius 2 is 1.92 bits per heavy atom. The molecular formula is C27H30FN5O3. The maximum absolute atomic E-state index is 13.7. The molecule has 188 valence electrons. The Hall–Kier alpha value is -3.04. The van der Waals surface area contributed by atoms with Gasteiger partial charge in [-0.15, -0.1) is 0 Å². The Morgan fingerprint density at radius 1 is 1.14 bits per heavy atom. The summed E-state index contributed by atoms with van der Waals surface area (Å²) in [4.78, 5) is 22.4. The summed E-state index contributed by atoms with van der Waals surface area (Å²) in [6.45, 7) is 3.74. The number of morpholine rings is 1. The number of pyridine rings is 1. The first kappa shape index (κ1) is 22.2. The minimum atomic E-state index is -0.471. The standard InChI is InChI=1S/C27H30FN5O3/c1-35-27(34)20-13-21(31-11-9-18(10-12-31)32-14-23-22(32)15-36-23)24-25(16-3-2-4-16)30-33(26(24)29-20)19-7-5-17(28)6-8-19/h5-8,13,16,18,22-23H,2-4,9-12,14-15H2,1H3. The van der Waals surface area contributed by atoms with Crippen molar-refractivity contribution in [3.8, 4) is 5.69 Å². The summed E-state index contributed by atoms with van der Waals surface area (Å²) in [5.41, 5.74) is 3.64. The molecule has 7 rings (SSSR count). The zero-order valence-electron chi connectivity index (χ0n) is 20.4. The third-order valence-corrected chi connectivity index (χ3v) is 8.60. The average Bonchev–Trinajstić information content (AvgIpc) is 3.23. The first-order valence-electron chi connectivity index (χ1n) is 13.0. The lowest BCUT2D eigenvalue weighted by atomic mass is 9.81. The van der Waals surface area contributed by atoms with Gasteiger partial charge in [0.1, 0.15) is 5.82 Å². The average molecular weight is 492 g/mol. The number of piperidine rings is 1. The van der Waals surface area contributed by atoms with Crippen LogP contribution in [0.25, 0.3) is 16.7 Å². The van der Waals surface area contributed by atoms with Gasteiger partial charge in [-0.3, -0.25) is 4.90 Å². The van der Waals surface area contributed by atoms with Crippen molar-refractivity contribution >= 4 is 22.7 Å². The van der Waals surface area contributed by atoms with E-state index >= 15 is 0 Å². The second-order valence-corrected chi connectivity index (χ2v) is 10.5. The van der Waals surface area contributed by atoms with Crippen LogP contribution in [0.4, 0.5) is 10.1 Å². The number of hydrogen-bond donors (Lipinski definition) is 0. The first-order chi connectivity index (χ1) is 17.6. The number of carbonyl (C=O) groups excluding carboxylic acids is 1. The van der Waals surface area contributed by atoms with Crippen LogP contribution in [0.2, 0.25) is 0 Å². The van der Waals surface area contributed by atoms with Crippen LogP contribution in [0.3, 0.4) is 0 Å². The van der Waals surface area contributed by atoms with E-state index in [1.807, 2.05) is 6.07 Å². The molecule has 3 aromatic rings. The van der Waals surface area contributed by atoms with E-state index in [9.17, 15) is 9.18 Å². The highest BCUT2D eigenvalue weighted by atomic mass is 19.1. The molecule has 0 amide bonds. The van der Waals surface area contributed by atoms with Crippen LogP contribution >= 0.6 is 0 Å². The number of hydrogen-bond acceptors (Lipinski definition) is 7. The van der Waals surface area contributed by atoms with Crippen LogP contribution in [0.1, 0.15) is 54.2 Å². The molecule has 3 aliphatic heterocycles. The number of carbonyl (C=O) groups is 1. The number of methoxy groups -OCH3 is 1. The quantitative estimate of drug-likeness (QED) is 0.505. The maximum atomic E-state index is 13.7. The number of ether oxygens (including phenoxy) is 2. The Kier molecular flexibility index (Phi) is 5.25. The SMILES string of the molecule is COC(=O)c1cc(N2CCC(N3CC4OCC43)CC2)c2c(C3CCC3)nn(-c3ccc(F)cc3)c2n1. The Bertz CT molecular complexity index is 1310. The lowest BCUT2D eigenvalue weighted by Gasteiger charge is -2.58. The van der Waals surface area contributed by atoms with Gasteiger partial charge in [-0.1, -0.05) is 6.42 Å². The van der Waals surface area contributed by atoms with Crippen molar-refractivity contribution in [2.24, 2.45) is 0 Å². The van der Waals surface area contributed by atoms with Gasteiger partial charge in [0.2, 0.25) is 0 Å². The number of anilines is 1. The van der Waals surface area contributed by atoms with E-state index in [1.54, 1.807) is 16.8 Å². The number of benzene rings is 1. The fraction of sp³-hybridized carbons (Fsp3) is 0.519. The Labute approximate surface area is 209 Å². The number of nitrogens with zero attached hydrogens (tertiary/aromatic N) is 5. The van der Waals surface area contributed by atoms with Crippen LogP contribution in [0.15, 0.2) is 30.3 Å². The molecule has 1 aromatic carbocycles. The molecule has 0 spiro atoms. The summed E-state index contributed by atoms with van der Waals surface area (Å²) >= 11 is 0. The lowest BCUT2D eigenvalue weighted by molar-refractivity contribution is -0.228. The van der Waals surface area contributed by atoms with Crippen molar-refractivity contribution in [1.29, 1.82) is 0 Å². The number of likely N-dealkylation sites (tertiary alicyclic amines) is 1. The second kappa shape index (κ2) is 8.52. The van der Waals surface area contributed by atoms with Crippen molar-refractivity contribution in [3.05, 3.63) is 47.5 Å². The highest BCUT2D eigenvalue weighted by Gasteiger charge is 2.50. The van der Waals surface area contributed by atoms with Crippen LogP contribution in [-0.2, 0) is 9.47 Å². The fourth-order valence-electron chi connectivity index (χ4n) is 6.18. The molecule has 8 nitrogen and oxygen atoms in total. The molecule has 3 saturated heterocycles. The van der Waals surface area contributed by atoms with E-state index in [0.29, 0.717) is 29.8 Å². The summed E-state index contributed by atoms with van der Waals surface area (Å²) in [6.07, 6.45) is 5.97. The van der Waals surface area contributed by atoms with Crippen molar-refractivity contribution in [2.75, 3.05) is 38.3 Å². The molecule has 1 aliphatic carbocycles. The monoisotopic (exact) mass is 491 g/mol. The minimum absolute atomic E-state index is 0.266. The zero-order valence-corrected chi connectivity index (χ0v) is 20.4. The molecule has 0 N–H and O–H groups in total. The summed E-state index contributed by atoms with van der Waals surface area (Å²) in [5.74, 6) is -0.405. The van der Waals surface area contributed by atoms with Crippen molar-refractivity contribution in [2.45, 2.75) is 56.2 Å². The van der Waals surface area contributed by atoms with Gasteiger partial charge in [0.25, 0.3) is 0 Å². The summed E-state index contributed by atoms with van der Waals surface area (Å²) in [7, 11) is 1.38. The van der Waals surface area contributed by atoms with E-state index in [2.05, 4.69) is 9.80 Å². The van der Waals surface area contributed by atoms with Crippen LogP contribution < -0.4 is 4.90 Å². The first-order valence-corrected chi connectivity index (χ1v) is 13.0. The highest BCUT2D eigenvalue weighted by Crippen LogP contribution is 2.43. The van der Waals surface area contributed by atoms with Gasteiger partial charge in [-0.05, 0) is 56.0 Å². The number of rotatable bonds is 5.